The number of hydrogen-bond acceptors (Lipinski definition) is 6. The van der Waals surface area contributed by atoms with Gasteiger partial charge in [-0.3, -0.25) is 14.3 Å². The number of ether oxygens (including phenoxy) is 1. The van der Waals surface area contributed by atoms with Gasteiger partial charge in [-0.1, -0.05) is 12.1 Å². The summed E-state index contributed by atoms with van der Waals surface area (Å²) in [5.74, 6) is -0.781. The smallest absolute Gasteiger partial charge is 0.389 e. The van der Waals surface area contributed by atoms with Crippen LogP contribution >= 0.6 is 0 Å². The third-order valence-electron chi connectivity index (χ3n) is 7.33. The number of nitrogens with one attached hydrogen (secondary N) is 2. The first-order chi connectivity index (χ1) is 18.8. The second-order valence-corrected chi connectivity index (χ2v) is 12.9. The van der Waals surface area contributed by atoms with Crippen LogP contribution in [-0.4, -0.2) is 48.0 Å². The number of alkyl halides is 3. The van der Waals surface area contributed by atoms with Crippen LogP contribution in [0.1, 0.15) is 63.1 Å². The molecule has 0 bridgehead atoms. The van der Waals surface area contributed by atoms with Crippen LogP contribution in [0, 0.1) is 5.92 Å². The normalized spacial score (nSPS) is 21.8. The summed E-state index contributed by atoms with van der Waals surface area (Å²) in [5.41, 5.74) is 0.143. The van der Waals surface area contributed by atoms with Gasteiger partial charge in [0, 0.05) is 31.2 Å². The molecule has 0 saturated heterocycles. The fourth-order valence-electron chi connectivity index (χ4n) is 4.78. The van der Waals surface area contributed by atoms with Crippen LogP contribution in [0.2, 0.25) is 0 Å². The summed E-state index contributed by atoms with van der Waals surface area (Å²) in [5, 5.41) is 6.83. The number of carbonyl (C=O) groups excluding carboxylic acids is 2. The van der Waals surface area contributed by atoms with Gasteiger partial charge < -0.3 is 10.1 Å². The van der Waals surface area contributed by atoms with Gasteiger partial charge in [-0.25, -0.2) is 13.1 Å². The number of benzene rings is 1. The maximum Gasteiger partial charge on any atom is 0.389 e. The molecular formula is C27H31F3N4O5S. The van der Waals surface area contributed by atoms with Gasteiger partial charge >= 0.3 is 6.18 Å². The van der Waals surface area contributed by atoms with Crippen molar-refractivity contribution in [3.8, 4) is 5.75 Å². The highest BCUT2D eigenvalue weighted by molar-refractivity contribution is 7.91. The van der Waals surface area contributed by atoms with Crippen molar-refractivity contribution in [2.75, 3.05) is 6.61 Å². The Bertz CT molecular complexity index is 1430. The lowest BCUT2D eigenvalue weighted by atomic mass is 9.79. The molecule has 3 aliphatic rings. The van der Waals surface area contributed by atoms with E-state index in [0.717, 1.165) is 19.4 Å². The van der Waals surface area contributed by atoms with Crippen molar-refractivity contribution < 1.29 is 35.9 Å². The highest BCUT2D eigenvalue weighted by Crippen LogP contribution is 2.39. The van der Waals surface area contributed by atoms with Crippen LogP contribution in [0.3, 0.4) is 0 Å². The Balaban J connectivity index is 1.39. The zero-order chi connectivity index (χ0) is 28.7. The highest BCUT2D eigenvalue weighted by Gasteiger charge is 2.43. The van der Waals surface area contributed by atoms with Crippen molar-refractivity contribution >= 4 is 27.4 Å². The van der Waals surface area contributed by atoms with Gasteiger partial charge in [0.25, 0.3) is 11.8 Å². The molecule has 2 amide bonds. The van der Waals surface area contributed by atoms with Gasteiger partial charge in [0.05, 0.1) is 23.1 Å². The zero-order valence-electron chi connectivity index (χ0n) is 22.0. The molecule has 13 heteroatoms. The molecule has 2 fully saturated rings. The summed E-state index contributed by atoms with van der Waals surface area (Å²) in [4.78, 5) is 26.6. The van der Waals surface area contributed by atoms with E-state index in [1.165, 1.54) is 0 Å². The van der Waals surface area contributed by atoms with Gasteiger partial charge in [0.2, 0.25) is 10.0 Å². The molecule has 0 radical (unpaired) electrons. The van der Waals surface area contributed by atoms with Crippen LogP contribution in [0.15, 0.2) is 42.1 Å². The highest BCUT2D eigenvalue weighted by atomic mass is 32.2. The van der Waals surface area contributed by atoms with Crippen LogP contribution in [0.25, 0.3) is 5.57 Å². The van der Waals surface area contributed by atoms with Gasteiger partial charge in [-0.2, -0.15) is 18.3 Å². The second-order valence-electron chi connectivity index (χ2n) is 11.0. The van der Waals surface area contributed by atoms with Gasteiger partial charge in [-0.05, 0) is 68.7 Å². The van der Waals surface area contributed by atoms with Crippen LogP contribution < -0.4 is 14.8 Å². The minimum Gasteiger partial charge on any atom is -0.494 e. The molecule has 1 atom stereocenters. The third-order valence-corrected chi connectivity index (χ3v) is 9.15. The average Bonchev–Trinajstić information content (AvgIpc) is 3.79. The van der Waals surface area contributed by atoms with E-state index in [4.69, 9.17) is 4.74 Å². The van der Waals surface area contributed by atoms with E-state index in [1.54, 1.807) is 48.1 Å². The quantitative estimate of drug-likeness (QED) is 0.308. The minimum absolute atomic E-state index is 0.0918. The Labute approximate surface area is 230 Å². The first-order valence-corrected chi connectivity index (χ1v) is 14.8. The zero-order valence-corrected chi connectivity index (χ0v) is 22.8. The Hall–Kier alpha value is -3.35. The fraction of sp³-hybridized carbons (Fsp3) is 0.519. The number of nitrogens with zero attached hydrogens (tertiary/aromatic N) is 2. The Morgan fingerprint density at radius 2 is 1.88 bits per heavy atom. The minimum atomic E-state index is -4.24. The van der Waals surface area contributed by atoms with Gasteiger partial charge in [0.15, 0.2) is 0 Å². The topological polar surface area (TPSA) is 119 Å². The number of rotatable bonds is 11. The standard InChI is InChI=1S/C27H31F3N4O5S/c1-26(18-5-7-19(8-6-18)39-14-2-12-27(28,29)30)15-21(22-11-13-34(32-22)16-17-3-4-17)23(24(35)31-26)25(36)33-40(37,38)20-9-10-20/h5-8,11,13,17,20H,2-4,9-10,12,14-16H2,1H3,(H,31,35)(H,33,36)/t26-/m0/s1. The summed E-state index contributed by atoms with van der Waals surface area (Å²) < 4.78 is 71.3. The molecule has 2 heterocycles. The molecule has 40 heavy (non-hydrogen) atoms. The lowest BCUT2D eigenvalue weighted by molar-refractivity contribution is -0.136. The van der Waals surface area contributed by atoms with E-state index in [2.05, 4.69) is 15.1 Å². The number of aromatic nitrogens is 2. The van der Waals surface area contributed by atoms with Crippen molar-refractivity contribution in [3.63, 3.8) is 0 Å². The first kappa shape index (κ1) is 28.2. The number of carbonyl (C=O) groups is 2. The SMILES string of the molecule is C[C@@]1(c2ccc(OCCCC(F)(F)F)cc2)CC(c2ccn(CC3CC3)n2)=C(C(=O)NS(=O)(=O)C2CC2)C(=O)N1. The first-order valence-electron chi connectivity index (χ1n) is 13.3. The summed E-state index contributed by atoms with van der Waals surface area (Å²) >= 11 is 0. The molecule has 1 aliphatic heterocycles. The second kappa shape index (κ2) is 10.6. The molecule has 0 spiro atoms. The van der Waals surface area contributed by atoms with Gasteiger partial charge in [-0.15, -0.1) is 0 Å². The number of amides is 2. The van der Waals surface area contributed by atoms with Crippen molar-refractivity contribution in [2.45, 2.75) is 75.4 Å². The summed E-state index contributed by atoms with van der Waals surface area (Å²) in [6, 6.07) is 8.34. The molecule has 1 aromatic carbocycles. The Morgan fingerprint density at radius 1 is 1.18 bits per heavy atom. The molecule has 0 unspecified atom stereocenters. The summed E-state index contributed by atoms with van der Waals surface area (Å²) in [7, 11) is -3.89. The van der Waals surface area contributed by atoms with Crippen molar-refractivity contribution in [3.05, 3.63) is 53.4 Å². The molecule has 2 aliphatic carbocycles. The lowest BCUT2D eigenvalue weighted by Crippen LogP contribution is -2.51. The monoisotopic (exact) mass is 580 g/mol. The van der Waals surface area contributed by atoms with Crippen LogP contribution in [0.4, 0.5) is 13.2 Å². The van der Waals surface area contributed by atoms with Crippen molar-refractivity contribution in [1.29, 1.82) is 0 Å². The van der Waals surface area contributed by atoms with Gasteiger partial charge in [0.1, 0.15) is 11.3 Å². The van der Waals surface area contributed by atoms with Crippen molar-refractivity contribution in [1.82, 2.24) is 19.8 Å². The van der Waals surface area contributed by atoms with E-state index in [9.17, 15) is 31.2 Å². The molecule has 2 aromatic rings. The number of halogens is 3. The maximum atomic E-state index is 13.4. The molecule has 216 valence electrons. The Kier molecular flexibility index (Phi) is 7.45. The largest absolute Gasteiger partial charge is 0.494 e. The van der Waals surface area contributed by atoms with E-state index in [1.807, 2.05) is 0 Å². The molecular weight excluding hydrogens is 549 g/mol. The van der Waals surface area contributed by atoms with E-state index in [-0.39, 0.29) is 25.0 Å². The van der Waals surface area contributed by atoms with E-state index >= 15 is 0 Å². The third kappa shape index (κ3) is 6.68. The fourth-order valence-corrected chi connectivity index (χ4v) is 6.07. The van der Waals surface area contributed by atoms with Crippen molar-refractivity contribution in [2.24, 2.45) is 5.92 Å². The average molecular weight is 581 g/mol. The number of sulfonamides is 1. The predicted molar refractivity (Wildman–Crippen MR) is 139 cm³/mol. The van der Waals surface area contributed by atoms with Crippen LogP contribution in [0.5, 0.6) is 5.75 Å². The molecule has 2 saturated carbocycles. The molecule has 1 aromatic heterocycles. The predicted octanol–water partition coefficient (Wildman–Crippen LogP) is 3.81. The molecule has 5 rings (SSSR count). The molecule has 2 N–H and O–H groups in total. The number of hydrogen-bond donors (Lipinski definition) is 2. The van der Waals surface area contributed by atoms with E-state index in [0.29, 0.717) is 41.3 Å². The molecule has 9 nitrogen and oxygen atoms in total. The van der Waals surface area contributed by atoms with Crippen LogP contribution in [-0.2, 0) is 31.7 Å². The lowest BCUT2D eigenvalue weighted by Gasteiger charge is -2.37. The Morgan fingerprint density at radius 3 is 2.50 bits per heavy atom. The summed E-state index contributed by atoms with van der Waals surface area (Å²) in [6.45, 7) is 2.41. The van der Waals surface area contributed by atoms with E-state index < -0.39 is 45.2 Å². The summed E-state index contributed by atoms with van der Waals surface area (Å²) in [6.07, 6.45) is -0.236. The maximum absolute atomic E-state index is 13.4.